The third-order valence-electron chi connectivity index (χ3n) is 9.85. The van der Waals surface area contributed by atoms with Crippen LogP contribution in [0.5, 0.6) is 0 Å². The fourth-order valence-electron chi connectivity index (χ4n) is 6.37. The van der Waals surface area contributed by atoms with Crippen molar-refractivity contribution in [3.8, 4) is 0 Å². The van der Waals surface area contributed by atoms with Gasteiger partial charge in [0.05, 0.1) is 52.1 Å². The molecule has 1 aliphatic carbocycles. The first-order valence-electron chi connectivity index (χ1n) is 21.1. The smallest absolute Gasteiger partial charge is 0.268 e. The lowest BCUT2D eigenvalue weighted by atomic mass is 9.90. The van der Waals surface area contributed by atoms with Crippen molar-refractivity contribution in [1.82, 2.24) is 5.32 Å². The Bertz CT molecular complexity index is 1200. The Hall–Kier alpha value is -1.95. The van der Waals surface area contributed by atoms with Gasteiger partial charge in [-0.15, -0.1) is 0 Å². The number of aliphatic hydroxyl groups is 3. The van der Waals surface area contributed by atoms with Gasteiger partial charge in [-0.2, -0.15) is 0 Å². The van der Waals surface area contributed by atoms with Gasteiger partial charge in [-0.1, -0.05) is 114 Å². The van der Waals surface area contributed by atoms with E-state index in [0.29, 0.717) is 36.7 Å². The molecule has 0 aromatic carbocycles. The molecule has 1 unspecified atom stereocenters. The average molecular weight is 797 g/mol. The van der Waals surface area contributed by atoms with Crippen molar-refractivity contribution in [2.75, 3.05) is 40.9 Å². The zero-order valence-electron chi connectivity index (χ0n) is 34.8. The highest BCUT2D eigenvalue weighted by molar-refractivity contribution is 7.45. The van der Waals surface area contributed by atoms with E-state index in [0.717, 1.165) is 57.8 Å². The molecule has 1 amide bonds. The molecule has 0 aromatic heterocycles. The van der Waals surface area contributed by atoms with Gasteiger partial charge < -0.3 is 39.1 Å². The van der Waals surface area contributed by atoms with Crippen molar-refractivity contribution >= 4 is 19.5 Å². The van der Waals surface area contributed by atoms with Gasteiger partial charge in [0.15, 0.2) is 0 Å². The van der Waals surface area contributed by atoms with Crippen LogP contribution in [-0.4, -0.2) is 96.7 Å². The van der Waals surface area contributed by atoms with Crippen molar-refractivity contribution in [2.45, 2.75) is 160 Å². The van der Waals surface area contributed by atoms with E-state index in [4.69, 9.17) is 9.05 Å². The molecule has 11 nitrogen and oxygen atoms in total. The number of nitrogens with zero attached hydrogens (tertiary/aromatic N) is 1. The van der Waals surface area contributed by atoms with E-state index in [-0.39, 0.29) is 43.0 Å². The van der Waals surface area contributed by atoms with Crippen molar-refractivity contribution < 1.29 is 47.9 Å². The Morgan fingerprint density at radius 1 is 0.873 bits per heavy atom. The lowest BCUT2D eigenvalue weighted by Gasteiger charge is -2.29. The zero-order valence-corrected chi connectivity index (χ0v) is 35.7. The quantitative estimate of drug-likeness (QED) is 0.0232. The van der Waals surface area contributed by atoms with Crippen LogP contribution in [-0.2, 0) is 23.2 Å². The average Bonchev–Trinajstić information content (AvgIpc) is 3.39. The Morgan fingerprint density at radius 2 is 1.51 bits per heavy atom. The van der Waals surface area contributed by atoms with Gasteiger partial charge in [-0.05, 0) is 57.8 Å². The topological polar surface area (TPSA) is 165 Å². The Kier molecular flexibility index (Phi) is 28.0. The van der Waals surface area contributed by atoms with Crippen molar-refractivity contribution in [3.05, 3.63) is 48.6 Å². The van der Waals surface area contributed by atoms with E-state index in [2.05, 4.69) is 31.3 Å². The summed E-state index contributed by atoms with van der Waals surface area (Å²) in [5.41, 5.74) is 0. The number of carbonyl (C=O) groups excluding carboxylic acids is 2. The number of rotatable bonds is 33. The van der Waals surface area contributed by atoms with Gasteiger partial charge in [0.2, 0.25) is 5.91 Å². The number of amides is 1. The molecule has 4 N–H and O–H groups in total. The lowest BCUT2D eigenvalue weighted by Crippen LogP contribution is -2.45. The molecule has 55 heavy (non-hydrogen) atoms. The third-order valence-corrected chi connectivity index (χ3v) is 10.8. The number of ketones is 1. The Balaban J connectivity index is 2.62. The molecule has 7 atom stereocenters. The number of hydrogen-bond donors (Lipinski definition) is 4. The van der Waals surface area contributed by atoms with E-state index in [1.807, 2.05) is 39.4 Å². The summed E-state index contributed by atoms with van der Waals surface area (Å²) in [5, 5.41) is 34.4. The maximum absolute atomic E-state index is 12.9. The molecule has 0 radical (unpaired) electrons. The predicted molar refractivity (Wildman–Crippen MR) is 220 cm³/mol. The predicted octanol–water partition coefficient (Wildman–Crippen LogP) is 7.25. The van der Waals surface area contributed by atoms with Crippen molar-refractivity contribution in [1.29, 1.82) is 0 Å². The van der Waals surface area contributed by atoms with E-state index < -0.39 is 38.8 Å². The summed E-state index contributed by atoms with van der Waals surface area (Å²) < 4.78 is 23.1. The van der Waals surface area contributed by atoms with Gasteiger partial charge in [-0.25, -0.2) is 0 Å². The van der Waals surface area contributed by atoms with E-state index in [1.165, 1.54) is 25.7 Å². The second kappa shape index (κ2) is 30.2. The SMILES string of the molecule is CCC/C=C\CCCCCCCC/C=C/[C@@H](O)[C@H](COP(=O)([O-])OCC[N+](C)(C)C)NC(=O)CCC/C=C\C[C@H]1C(=O)C[C@@H](O)[C@@H]1/C=C/[C@@H](O)CCCCC. The van der Waals surface area contributed by atoms with Crippen LogP contribution < -0.4 is 10.2 Å². The maximum Gasteiger partial charge on any atom is 0.268 e. The number of unbranched alkanes of at least 4 members (excludes halogenated alkanes) is 11. The second-order valence-electron chi connectivity index (χ2n) is 16.1. The number of nitrogens with one attached hydrogen (secondary N) is 1. The minimum absolute atomic E-state index is 0.00533. The van der Waals surface area contributed by atoms with Crippen LogP contribution in [0.4, 0.5) is 0 Å². The van der Waals surface area contributed by atoms with Crippen LogP contribution in [0.3, 0.4) is 0 Å². The largest absolute Gasteiger partial charge is 0.756 e. The molecule has 0 heterocycles. The molecule has 0 saturated heterocycles. The van der Waals surface area contributed by atoms with Gasteiger partial charge >= 0.3 is 0 Å². The van der Waals surface area contributed by atoms with Crippen molar-refractivity contribution in [2.24, 2.45) is 11.8 Å². The van der Waals surface area contributed by atoms with Gasteiger partial charge in [0, 0.05) is 24.7 Å². The number of quaternary nitrogens is 1. The van der Waals surface area contributed by atoms with Crippen LogP contribution in [0.25, 0.3) is 0 Å². The summed E-state index contributed by atoms with van der Waals surface area (Å²) in [6, 6.07) is -0.995. The fourth-order valence-corrected chi connectivity index (χ4v) is 7.09. The minimum Gasteiger partial charge on any atom is -0.756 e. The molecule has 0 aliphatic heterocycles. The van der Waals surface area contributed by atoms with Crippen LogP contribution in [0.1, 0.15) is 136 Å². The monoisotopic (exact) mass is 797 g/mol. The number of allylic oxidation sites excluding steroid dienone is 5. The van der Waals surface area contributed by atoms with E-state index >= 15 is 0 Å². The molecule has 0 bridgehead atoms. The number of carbonyl (C=O) groups is 2. The standard InChI is InChI=1S/C43H77N2O9P/c1-6-8-10-11-12-13-14-15-16-17-18-19-24-28-40(47)39(35-54-55(51,52)53-33-32-45(3,4)5)44-43(50)29-25-21-20-23-27-37-38(42(49)34-41(37)48)31-30-36(46)26-22-9-7-2/h10-11,20,23-24,28,30-31,36-40,42,46-47,49H,6-9,12-19,21-22,25-27,29,32-35H2,1-5H3,(H-,44,50,51,52)/b11-10-,23-20-,28-24+,31-30+/t36-,37+,38+,39-,40+,42+/m0/s1. The molecule has 0 spiro atoms. The highest BCUT2D eigenvalue weighted by Crippen LogP contribution is 2.38. The molecule has 318 valence electrons. The molecular formula is C43H77N2O9P. The normalized spacial score (nSPS) is 21.0. The molecule has 0 aromatic rings. The Morgan fingerprint density at radius 3 is 2.18 bits per heavy atom. The summed E-state index contributed by atoms with van der Waals surface area (Å²) in [7, 11) is 1.08. The summed E-state index contributed by atoms with van der Waals surface area (Å²) in [6.45, 7) is 4.22. The molecule has 1 aliphatic rings. The first kappa shape index (κ1) is 51.1. The van der Waals surface area contributed by atoms with Crippen LogP contribution >= 0.6 is 7.82 Å². The number of likely N-dealkylation sites (N-methyl/N-ethyl adjacent to an activating group) is 1. The van der Waals surface area contributed by atoms with E-state index in [1.54, 1.807) is 18.2 Å². The number of aliphatic hydroxyl groups excluding tert-OH is 3. The molecular weight excluding hydrogens is 719 g/mol. The van der Waals surface area contributed by atoms with Gasteiger partial charge in [0.25, 0.3) is 7.82 Å². The maximum atomic E-state index is 12.9. The minimum atomic E-state index is -4.66. The van der Waals surface area contributed by atoms with Crippen LogP contribution in [0.15, 0.2) is 48.6 Å². The second-order valence-corrected chi connectivity index (χ2v) is 17.5. The molecule has 1 fully saturated rings. The van der Waals surface area contributed by atoms with Crippen LogP contribution in [0.2, 0.25) is 0 Å². The molecule has 1 rings (SSSR count). The first-order chi connectivity index (χ1) is 26.2. The zero-order chi connectivity index (χ0) is 41.0. The third kappa shape index (κ3) is 26.6. The van der Waals surface area contributed by atoms with Gasteiger partial charge in [0.1, 0.15) is 18.9 Å². The fraction of sp³-hybridized carbons (Fsp3) is 0.767. The van der Waals surface area contributed by atoms with E-state index in [9.17, 15) is 34.4 Å². The number of Topliss-reactive ketones (excluding diaryl/α,β-unsaturated/α-hetero) is 1. The van der Waals surface area contributed by atoms with Crippen molar-refractivity contribution in [3.63, 3.8) is 0 Å². The Labute approximate surface area is 333 Å². The summed E-state index contributed by atoms with van der Waals surface area (Å²) in [4.78, 5) is 38.0. The first-order valence-corrected chi connectivity index (χ1v) is 22.6. The lowest BCUT2D eigenvalue weighted by molar-refractivity contribution is -0.870. The molecule has 12 heteroatoms. The van der Waals surface area contributed by atoms with Gasteiger partial charge in [-0.3, -0.25) is 14.2 Å². The number of phosphoric ester groups is 1. The number of hydrogen-bond acceptors (Lipinski definition) is 9. The summed E-state index contributed by atoms with van der Waals surface area (Å²) in [5.74, 6) is -1.04. The summed E-state index contributed by atoms with van der Waals surface area (Å²) in [6.07, 6.45) is 29.4. The highest BCUT2D eigenvalue weighted by atomic mass is 31.2. The summed E-state index contributed by atoms with van der Waals surface area (Å²) >= 11 is 0. The highest BCUT2D eigenvalue weighted by Gasteiger charge is 2.39. The van der Waals surface area contributed by atoms with Crippen LogP contribution in [0, 0.1) is 11.8 Å². The number of phosphoric acid groups is 1. The molecule has 1 saturated carbocycles.